The molecule has 5 heterocycles. The van der Waals surface area contributed by atoms with Crippen LogP contribution in [0.15, 0.2) is 54.0 Å². The molecule has 1 saturated heterocycles. The summed E-state index contributed by atoms with van der Waals surface area (Å²) in [5.41, 5.74) is 7.40. The van der Waals surface area contributed by atoms with Crippen molar-refractivity contribution in [3.05, 3.63) is 75.7 Å². The van der Waals surface area contributed by atoms with Gasteiger partial charge in [-0.05, 0) is 54.1 Å². The summed E-state index contributed by atoms with van der Waals surface area (Å²) in [6.07, 6.45) is 0.545. The van der Waals surface area contributed by atoms with Crippen molar-refractivity contribution in [1.29, 1.82) is 0 Å². The highest BCUT2D eigenvalue weighted by Gasteiger charge is 2.44. The minimum Gasteiger partial charge on any atom is -0.391 e. The molecule has 414 valence electrons. The second-order valence-corrected chi connectivity index (χ2v) is 22.5. The normalized spacial score (nSPS) is 16.0. The highest BCUT2D eigenvalue weighted by atomic mass is 32.1. The van der Waals surface area contributed by atoms with E-state index in [-0.39, 0.29) is 56.9 Å². The number of thiazole rings is 2. The van der Waals surface area contributed by atoms with Crippen molar-refractivity contribution in [3.63, 3.8) is 0 Å². The summed E-state index contributed by atoms with van der Waals surface area (Å²) in [6.45, 7) is 15.3. The first-order valence-corrected chi connectivity index (χ1v) is 28.6. The number of aliphatic hydroxyl groups is 1. The largest absolute Gasteiger partial charge is 0.391 e. The summed E-state index contributed by atoms with van der Waals surface area (Å²) in [4.78, 5) is 66.3. The Bertz CT molecular complexity index is 2590. The van der Waals surface area contributed by atoms with E-state index in [1.54, 1.807) is 34.0 Å². The minimum absolute atomic E-state index is 0.00328. The van der Waals surface area contributed by atoms with Gasteiger partial charge in [0.25, 0.3) is 0 Å². The van der Waals surface area contributed by atoms with Crippen LogP contribution >= 0.6 is 34.0 Å². The van der Waals surface area contributed by atoms with Crippen molar-refractivity contribution in [3.8, 4) is 21.0 Å². The number of aryl methyl sites for hydroxylation is 1. The lowest BCUT2D eigenvalue weighted by Crippen LogP contribution is -2.57. The lowest BCUT2D eigenvalue weighted by atomic mass is 9.85. The van der Waals surface area contributed by atoms with Gasteiger partial charge >= 0.3 is 0 Å². The Balaban J connectivity index is 0.643. The van der Waals surface area contributed by atoms with Crippen LogP contribution in [0, 0.1) is 12.3 Å². The van der Waals surface area contributed by atoms with Gasteiger partial charge in [0.05, 0.1) is 112 Å². The highest BCUT2D eigenvalue weighted by molar-refractivity contribution is 7.23. The van der Waals surface area contributed by atoms with E-state index in [4.69, 9.17) is 33.4 Å². The molecular weight excluding hydrogens is 1030 g/mol. The van der Waals surface area contributed by atoms with Crippen LogP contribution in [-0.4, -0.2) is 167 Å². The molecule has 3 atom stereocenters. The minimum atomic E-state index is -0.926. The fourth-order valence-corrected chi connectivity index (χ4v) is 11.8. The number of nitrogens with one attached hydrogen (secondary N) is 5. The number of amides is 4. The van der Waals surface area contributed by atoms with Crippen molar-refractivity contribution < 1.29 is 52.7 Å². The van der Waals surface area contributed by atoms with E-state index in [2.05, 4.69) is 37.6 Å². The molecule has 0 spiro atoms. The number of ether oxygens (including phenoxy) is 6. The fourth-order valence-electron chi connectivity index (χ4n) is 8.67. The number of aliphatic hydroxyl groups excluding tert-OH is 1. The molecule has 2 aromatic carbocycles. The second-order valence-electron chi connectivity index (χ2n) is 19.5. The number of nitrogens with zero attached hydrogens (tertiary/aromatic N) is 3. The summed E-state index contributed by atoms with van der Waals surface area (Å²) >= 11 is 4.89. The number of benzene rings is 2. The van der Waals surface area contributed by atoms with Gasteiger partial charge in [0.2, 0.25) is 23.6 Å². The molecule has 19 nitrogen and oxygen atoms in total. The third-order valence-corrected chi connectivity index (χ3v) is 15.9. The number of hydrogen-bond acceptors (Lipinski definition) is 18. The SMILES string of the molecule is Cc1ncsc1-c1ccc(CNC(=O)[C@@H]2C[C@@H](O)CN2C(=O)C(NC(=O)CCOCCOCCOCCOCCOCCOCCNCCC(=O)Nc2sc3c(c2-c2nc4ccccc4s2)CCNC3)C(C)(C)C)cc1. The van der Waals surface area contributed by atoms with Crippen LogP contribution in [0.25, 0.3) is 31.2 Å². The molecule has 0 bridgehead atoms. The maximum Gasteiger partial charge on any atom is 0.246 e. The smallest absolute Gasteiger partial charge is 0.246 e. The van der Waals surface area contributed by atoms with Crippen molar-refractivity contribution in [1.82, 2.24) is 36.1 Å². The number of rotatable bonds is 32. The molecule has 0 saturated carbocycles. The predicted molar refractivity (Wildman–Crippen MR) is 296 cm³/mol. The maximum absolute atomic E-state index is 13.9. The van der Waals surface area contributed by atoms with E-state index in [1.165, 1.54) is 15.3 Å². The van der Waals surface area contributed by atoms with Gasteiger partial charge in [-0.15, -0.1) is 34.0 Å². The Morgan fingerprint density at radius 2 is 1.47 bits per heavy atom. The average Bonchev–Trinajstić information content (AvgIpc) is 4.22. The molecule has 2 aliphatic heterocycles. The monoisotopic (exact) mass is 1110 g/mol. The topological polar surface area (TPSA) is 233 Å². The first-order chi connectivity index (χ1) is 36.9. The number of thiophene rings is 1. The van der Waals surface area contributed by atoms with Gasteiger partial charge in [-0.2, -0.15) is 0 Å². The number of carbonyl (C=O) groups excluding carboxylic acids is 4. The van der Waals surface area contributed by atoms with Crippen LogP contribution < -0.4 is 26.6 Å². The van der Waals surface area contributed by atoms with Gasteiger partial charge in [-0.1, -0.05) is 57.2 Å². The molecule has 5 aromatic rings. The summed E-state index contributed by atoms with van der Waals surface area (Å²) in [7, 11) is 0. The van der Waals surface area contributed by atoms with Crippen LogP contribution in [0.5, 0.6) is 0 Å². The molecule has 1 unspecified atom stereocenters. The number of hydrogen-bond donors (Lipinski definition) is 6. The number of fused-ring (bicyclic) bond motifs is 2. The molecule has 76 heavy (non-hydrogen) atoms. The average molecular weight is 1110 g/mol. The quantitative estimate of drug-likeness (QED) is 0.0299. The molecule has 7 rings (SSSR count). The van der Waals surface area contributed by atoms with Crippen molar-refractivity contribution in [2.45, 2.75) is 84.7 Å². The van der Waals surface area contributed by atoms with Gasteiger partial charge in [0.1, 0.15) is 22.1 Å². The second kappa shape index (κ2) is 30.4. The zero-order valence-electron chi connectivity index (χ0n) is 44.1. The first-order valence-electron chi connectivity index (χ1n) is 26.1. The predicted octanol–water partition coefficient (Wildman–Crippen LogP) is 5.32. The number of para-hydroxylation sites is 1. The molecule has 22 heteroatoms. The number of aromatic nitrogens is 2. The third kappa shape index (κ3) is 17.9. The molecule has 1 fully saturated rings. The zero-order valence-corrected chi connectivity index (χ0v) is 46.5. The van der Waals surface area contributed by atoms with Crippen molar-refractivity contribution in [2.24, 2.45) is 5.41 Å². The van der Waals surface area contributed by atoms with E-state index >= 15 is 0 Å². The highest BCUT2D eigenvalue weighted by Crippen LogP contribution is 2.45. The van der Waals surface area contributed by atoms with Crippen LogP contribution in [-0.2, 0) is 67.1 Å². The van der Waals surface area contributed by atoms with Crippen LogP contribution in [0.4, 0.5) is 5.00 Å². The Kier molecular flexibility index (Phi) is 23.5. The van der Waals surface area contributed by atoms with E-state index in [9.17, 15) is 24.3 Å². The Hall–Kier alpha value is -4.82. The van der Waals surface area contributed by atoms with Gasteiger partial charge < -0.3 is 65.0 Å². The zero-order chi connectivity index (χ0) is 53.7. The third-order valence-electron chi connectivity index (χ3n) is 12.7. The molecule has 0 aliphatic carbocycles. The summed E-state index contributed by atoms with van der Waals surface area (Å²) in [5.74, 6) is -1.17. The maximum atomic E-state index is 13.9. The van der Waals surface area contributed by atoms with Crippen LogP contribution in [0.3, 0.4) is 0 Å². The number of likely N-dealkylation sites (tertiary alicyclic amines) is 1. The number of anilines is 1. The molecule has 0 radical (unpaired) electrons. The van der Waals surface area contributed by atoms with Crippen LogP contribution in [0.1, 0.15) is 61.7 Å². The van der Waals surface area contributed by atoms with Gasteiger partial charge in [-0.3, -0.25) is 19.2 Å². The molecule has 3 aromatic heterocycles. The van der Waals surface area contributed by atoms with Gasteiger partial charge in [-0.25, -0.2) is 9.97 Å². The lowest BCUT2D eigenvalue weighted by molar-refractivity contribution is -0.144. The van der Waals surface area contributed by atoms with Crippen molar-refractivity contribution in [2.75, 3.05) is 111 Å². The Morgan fingerprint density at radius 1 is 0.816 bits per heavy atom. The van der Waals surface area contributed by atoms with E-state index in [1.807, 2.05) is 75.7 Å². The Labute approximate surface area is 457 Å². The Morgan fingerprint density at radius 3 is 2.12 bits per heavy atom. The summed E-state index contributed by atoms with van der Waals surface area (Å²) < 4.78 is 34.7. The van der Waals surface area contributed by atoms with Crippen LogP contribution in [0.2, 0.25) is 0 Å². The standard InChI is InChI=1S/C54H74N8O11S3/c1-36-48(74-35-58-36)38-11-9-37(10-12-38)32-57-50(66)42-31-39(63)34-62(42)53(67)49(54(2,3)4)60-46(65)15-19-68-21-23-70-25-27-72-29-30-73-28-26-71-24-22-69-20-18-55-17-14-45(64)61-52-47(40-13-16-56-33-44(40)76-52)51-59-41-7-5-6-8-43(41)75-51/h5-12,35,39,42,49,55-56,63H,13-34H2,1-4H3,(H,57,66)(H,60,65)(H,61,64)/t39-,42+,49?/m1/s1. The molecular formula is C54H74N8O11S3. The van der Waals surface area contributed by atoms with Gasteiger partial charge in [0, 0.05) is 62.4 Å². The van der Waals surface area contributed by atoms with E-state index in [0.29, 0.717) is 85.6 Å². The van der Waals surface area contributed by atoms with Gasteiger partial charge in [0.15, 0.2) is 0 Å². The molecule has 6 N–H and O–H groups in total. The molecule has 2 aliphatic rings. The van der Waals surface area contributed by atoms with E-state index in [0.717, 1.165) is 67.0 Å². The lowest BCUT2D eigenvalue weighted by Gasteiger charge is -2.35. The summed E-state index contributed by atoms with van der Waals surface area (Å²) in [5, 5.41) is 28.1. The fraction of sp³-hybridized carbons (Fsp3) is 0.556. The van der Waals surface area contributed by atoms with E-state index < -0.39 is 29.5 Å². The number of carbonyl (C=O) groups is 4. The number of β-amino-alcohol motifs (C(OH)–C–C–N with tert-alkyl or cyclic N) is 1. The summed E-state index contributed by atoms with van der Waals surface area (Å²) in [6, 6.07) is 14.2. The molecule has 4 amide bonds. The first kappa shape index (κ1) is 58.9. The van der Waals surface area contributed by atoms with Crippen molar-refractivity contribution >= 4 is 72.9 Å².